The Labute approximate surface area is 111 Å². The largest absolute Gasteiger partial charge is 0.480 e. The number of hydrogen-bond donors (Lipinski definition) is 1. The van der Waals surface area contributed by atoms with Crippen molar-refractivity contribution in [3.8, 4) is 0 Å². The fourth-order valence-electron chi connectivity index (χ4n) is 1.60. The predicted octanol–water partition coefficient (Wildman–Crippen LogP) is 2.16. The molecule has 0 aliphatic rings. The molecule has 0 saturated heterocycles. The van der Waals surface area contributed by atoms with E-state index in [0.29, 0.717) is 17.7 Å². The molecule has 0 radical (unpaired) electrons. The van der Waals surface area contributed by atoms with E-state index in [2.05, 4.69) is 0 Å². The first kappa shape index (κ1) is 14.9. The van der Waals surface area contributed by atoms with Crippen LogP contribution < -0.4 is 0 Å². The highest BCUT2D eigenvalue weighted by Gasteiger charge is 2.13. The van der Waals surface area contributed by atoms with Gasteiger partial charge in [-0.2, -0.15) is 0 Å². The average molecular weight is 265 g/mol. The molecule has 0 heterocycles. The van der Waals surface area contributed by atoms with Gasteiger partial charge < -0.3 is 10.0 Å². The Balaban J connectivity index is 2.88. The highest BCUT2D eigenvalue weighted by atomic mass is 19.1. The summed E-state index contributed by atoms with van der Waals surface area (Å²) in [5.74, 6) is -1.84. The monoisotopic (exact) mass is 265 g/mol. The highest BCUT2D eigenvalue weighted by molar-refractivity contribution is 5.96. The van der Waals surface area contributed by atoms with Crippen molar-refractivity contribution >= 4 is 17.4 Å². The van der Waals surface area contributed by atoms with Crippen LogP contribution >= 0.6 is 0 Å². The van der Waals surface area contributed by atoms with Crippen molar-refractivity contribution < 1.29 is 19.1 Å². The molecule has 0 unspecified atom stereocenters. The SMILES string of the molecule is CCN(CC(=O)O)C(=O)C=C(C)c1cccc(F)c1. The molecule has 0 aromatic heterocycles. The van der Waals surface area contributed by atoms with Gasteiger partial charge in [0.05, 0.1) is 0 Å². The first-order valence-electron chi connectivity index (χ1n) is 5.89. The molecule has 0 aliphatic carbocycles. The number of nitrogens with zero attached hydrogens (tertiary/aromatic N) is 1. The number of benzene rings is 1. The van der Waals surface area contributed by atoms with Gasteiger partial charge in [-0.15, -0.1) is 0 Å². The van der Waals surface area contributed by atoms with Gasteiger partial charge in [-0.3, -0.25) is 9.59 Å². The standard InChI is InChI=1S/C14H16FNO3/c1-3-16(9-14(18)19)13(17)7-10(2)11-5-4-6-12(15)8-11/h4-8H,3,9H2,1-2H3,(H,18,19). The number of likely N-dealkylation sites (N-methyl/N-ethyl adjacent to an activating group) is 1. The lowest BCUT2D eigenvalue weighted by molar-refractivity contribution is -0.142. The van der Waals surface area contributed by atoms with Gasteiger partial charge in [-0.05, 0) is 37.1 Å². The predicted molar refractivity (Wildman–Crippen MR) is 69.9 cm³/mol. The van der Waals surface area contributed by atoms with E-state index >= 15 is 0 Å². The molecule has 1 amide bonds. The van der Waals surface area contributed by atoms with Crippen LogP contribution in [0.25, 0.3) is 5.57 Å². The second-order valence-corrected chi connectivity index (χ2v) is 4.08. The van der Waals surface area contributed by atoms with Crippen molar-refractivity contribution in [1.29, 1.82) is 0 Å². The number of carbonyl (C=O) groups is 2. The van der Waals surface area contributed by atoms with E-state index in [1.165, 1.54) is 23.1 Å². The third kappa shape index (κ3) is 4.54. The second kappa shape index (κ2) is 6.68. The Bertz CT molecular complexity index is 511. The molecular weight excluding hydrogens is 249 g/mol. The molecule has 1 aromatic rings. The first-order chi connectivity index (χ1) is 8.93. The van der Waals surface area contributed by atoms with Gasteiger partial charge in [0.15, 0.2) is 0 Å². The number of aliphatic carboxylic acids is 1. The topological polar surface area (TPSA) is 57.6 Å². The fourth-order valence-corrected chi connectivity index (χ4v) is 1.60. The molecule has 0 saturated carbocycles. The molecule has 5 heteroatoms. The van der Waals surface area contributed by atoms with Gasteiger partial charge in [0.1, 0.15) is 12.4 Å². The normalized spacial score (nSPS) is 11.2. The van der Waals surface area contributed by atoms with Gasteiger partial charge in [0.25, 0.3) is 0 Å². The molecule has 0 fully saturated rings. The lowest BCUT2D eigenvalue weighted by Gasteiger charge is -2.16. The summed E-state index contributed by atoms with van der Waals surface area (Å²) >= 11 is 0. The van der Waals surface area contributed by atoms with Crippen LogP contribution in [-0.4, -0.2) is 35.0 Å². The lowest BCUT2D eigenvalue weighted by Crippen LogP contribution is -2.34. The number of carbonyl (C=O) groups excluding carboxylic acids is 1. The molecule has 4 nitrogen and oxygen atoms in total. The number of carboxylic acids is 1. The number of rotatable bonds is 5. The Morgan fingerprint density at radius 1 is 1.42 bits per heavy atom. The molecule has 1 rings (SSSR count). The number of carboxylic acid groups (broad SMARTS) is 1. The van der Waals surface area contributed by atoms with Crippen LogP contribution in [-0.2, 0) is 9.59 Å². The van der Waals surface area contributed by atoms with Crippen LogP contribution in [0.15, 0.2) is 30.3 Å². The maximum Gasteiger partial charge on any atom is 0.323 e. The van der Waals surface area contributed by atoms with Crippen LogP contribution in [0.1, 0.15) is 19.4 Å². The summed E-state index contributed by atoms with van der Waals surface area (Å²) in [4.78, 5) is 23.7. The van der Waals surface area contributed by atoms with Crippen LogP contribution in [0.5, 0.6) is 0 Å². The van der Waals surface area contributed by atoms with Crippen LogP contribution in [0.3, 0.4) is 0 Å². The van der Waals surface area contributed by atoms with Crippen molar-refractivity contribution in [3.05, 3.63) is 41.7 Å². The minimum Gasteiger partial charge on any atom is -0.480 e. The zero-order valence-electron chi connectivity index (χ0n) is 10.9. The fraction of sp³-hybridized carbons (Fsp3) is 0.286. The summed E-state index contributed by atoms with van der Waals surface area (Å²) in [6.07, 6.45) is 1.32. The quantitative estimate of drug-likeness (QED) is 0.830. The Morgan fingerprint density at radius 2 is 2.11 bits per heavy atom. The number of hydrogen-bond acceptors (Lipinski definition) is 2. The first-order valence-corrected chi connectivity index (χ1v) is 5.89. The second-order valence-electron chi connectivity index (χ2n) is 4.08. The third-order valence-corrected chi connectivity index (χ3v) is 2.64. The number of amides is 1. The van der Waals surface area contributed by atoms with Crippen molar-refractivity contribution in [1.82, 2.24) is 4.90 Å². The molecule has 1 aromatic carbocycles. The van der Waals surface area contributed by atoms with Crippen molar-refractivity contribution in [3.63, 3.8) is 0 Å². The van der Waals surface area contributed by atoms with Crippen LogP contribution in [0.4, 0.5) is 4.39 Å². The summed E-state index contributed by atoms with van der Waals surface area (Å²) in [6, 6.07) is 5.89. The molecule has 0 spiro atoms. The van der Waals surface area contributed by atoms with E-state index < -0.39 is 11.9 Å². The summed E-state index contributed by atoms with van der Waals surface area (Å²) in [5.41, 5.74) is 1.19. The zero-order chi connectivity index (χ0) is 14.4. The third-order valence-electron chi connectivity index (χ3n) is 2.64. The minimum atomic E-state index is -1.06. The summed E-state index contributed by atoms with van der Waals surface area (Å²) in [6.45, 7) is 3.34. The number of halogens is 1. The molecular formula is C14H16FNO3. The minimum absolute atomic E-state index is 0.304. The van der Waals surface area contributed by atoms with Gasteiger partial charge in [0.2, 0.25) is 5.91 Å². The van der Waals surface area contributed by atoms with E-state index in [9.17, 15) is 14.0 Å². The van der Waals surface area contributed by atoms with Crippen molar-refractivity contribution in [2.24, 2.45) is 0 Å². The number of allylic oxidation sites excluding steroid dienone is 1. The van der Waals surface area contributed by atoms with Gasteiger partial charge in [0, 0.05) is 12.6 Å². The molecule has 102 valence electrons. The molecule has 1 N–H and O–H groups in total. The zero-order valence-corrected chi connectivity index (χ0v) is 10.9. The highest BCUT2D eigenvalue weighted by Crippen LogP contribution is 2.15. The Hall–Kier alpha value is -2.17. The molecule has 0 bridgehead atoms. The van der Waals surface area contributed by atoms with E-state index in [1.807, 2.05) is 0 Å². The molecule has 0 aliphatic heterocycles. The van der Waals surface area contributed by atoms with Crippen LogP contribution in [0.2, 0.25) is 0 Å². The van der Waals surface area contributed by atoms with Crippen molar-refractivity contribution in [2.75, 3.05) is 13.1 Å². The van der Waals surface area contributed by atoms with E-state index in [1.54, 1.807) is 26.0 Å². The maximum atomic E-state index is 13.1. The average Bonchev–Trinajstić information content (AvgIpc) is 2.35. The van der Waals surface area contributed by atoms with Gasteiger partial charge in [-0.1, -0.05) is 12.1 Å². The smallest absolute Gasteiger partial charge is 0.323 e. The van der Waals surface area contributed by atoms with Gasteiger partial charge >= 0.3 is 5.97 Å². The van der Waals surface area contributed by atoms with E-state index in [4.69, 9.17) is 5.11 Å². The Morgan fingerprint density at radius 3 is 2.63 bits per heavy atom. The lowest BCUT2D eigenvalue weighted by atomic mass is 10.1. The summed E-state index contributed by atoms with van der Waals surface area (Å²) in [5, 5.41) is 8.69. The van der Waals surface area contributed by atoms with Gasteiger partial charge in [-0.25, -0.2) is 4.39 Å². The maximum absolute atomic E-state index is 13.1. The van der Waals surface area contributed by atoms with E-state index in [0.717, 1.165) is 0 Å². The Kier molecular flexibility index (Phi) is 5.23. The summed E-state index contributed by atoms with van der Waals surface area (Å²) < 4.78 is 13.1. The van der Waals surface area contributed by atoms with E-state index in [-0.39, 0.29) is 12.4 Å². The van der Waals surface area contributed by atoms with Crippen LogP contribution in [0, 0.1) is 5.82 Å². The van der Waals surface area contributed by atoms with Crippen molar-refractivity contribution in [2.45, 2.75) is 13.8 Å². The summed E-state index contributed by atoms with van der Waals surface area (Å²) in [7, 11) is 0. The molecule has 19 heavy (non-hydrogen) atoms. The molecule has 0 atom stereocenters.